The van der Waals surface area contributed by atoms with Crippen LogP contribution in [0.2, 0.25) is 0 Å². The van der Waals surface area contributed by atoms with E-state index < -0.39 is 0 Å². The number of rotatable bonds is 7. The van der Waals surface area contributed by atoms with E-state index in [9.17, 15) is 0 Å². The molecule has 0 saturated carbocycles. The average Bonchev–Trinajstić information content (AvgIpc) is 3.66. The third kappa shape index (κ3) is 6.04. The summed E-state index contributed by atoms with van der Waals surface area (Å²) in [5.41, 5.74) is 14.2. The summed E-state index contributed by atoms with van der Waals surface area (Å²) >= 11 is 0. The summed E-state index contributed by atoms with van der Waals surface area (Å²) in [7, 11) is 0. The van der Waals surface area contributed by atoms with Crippen LogP contribution in [-0.4, -0.2) is 4.57 Å². The molecule has 2 heteroatoms. The first-order chi connectivity index (χ1) is 30.7. The second-order valence-electron chi connectivity index (χ2n) is 16.1. The molecule has 0 N–H and O–H groups in total. The minimum absolute atomic E-state index is 1.10. The second kappa shape index (κ2) is 14.8. The highest BCUT2D eigenvalue weighted by Crippen LogP contribution is 2.42. The zero-order valence-electron chi connectivity index (χ0n) is 34.0. The first-order valence-corrected chi connectivity index (χ1v) is 21.3. The molecule has 12 rings (SSSR count). The molecular formula is C60H40N2. The van der Waals surface area contributed by atoms with Gasteiger partial charge in [-0.15, -0.1) is 0 Å². The molecule has 0 radical (unpaired) electrons. The van der Waals surface area contributed by atoms with Crippen molar-refractivity contribution in [2.24, 2.45) is 0 Å². The highest BCUT2D eigenvalue weighted by Gasteiger charge is 2.18. The van der Waals surface area contributed by atoms with Gasteiger partial charge in [-0.1, -0.05) is 170 Å². The van der Waals surface area contributed by atoms with Crippen LogP contribution in [0.3, 0.4) is 0 Å². The number of fused-ring (bicyclic) bond motifs is 6. The van der Waals surface area contributed by atoms with Crippen LogP contribution in [0, 0.1) is 0 Å². The number of anilines is 3. The van der Waals surface area contributed by atoms with E-state index in [1.54, 1.807) is 0 Å². The van der Waals surface area contributed by atoms with Crippen LogP contribution in [0.25, 0.3) is 93.2 Å². The number of benzene rings is 11. The first-order valence-electron chi connectivity index (χ1n) is 21.3. The van der Waals surface area contributed by atoms with Gasteiger partial charge in [-0.25, -0.2) is 0 Å². The summed E-state index contributed by atoms with van der Waals surface area (Å²) in [6, 6.07) is 88.4. The Labute approximate surface area is 360 Å². The first kappa shape index (κ1) is 35.7. The molecule has 0 fully saturated rings. The molecule has 0 atom stereocenters. The van der Waals surface area contributed by atoms with Gasteiger partial charge in [0, 0.05) is 33.2 Å². The van der Waals surface area contributed by atoms with Crippen molar-refractivity contribution in [1.82, 2.24) is 4.57 Å². The molecule has 62 heavy (non-hydrogen) atoms. The summed E-state index contributed by atoms with van der Waals surface area (Å²) in [4.78, 5) is 2.35. The van der Waals surface area contributed by atoms with Crippen molar-refractivity contribution < 1.29 is 0 Å². The van der Waals surface area contributed by atoms with Crippen molar-refractivity contribution >= 4 is 71.2 Å². The van der Waals surface area contributed by atoms with Gasteiger partial charge in [0.2, 0.25) is 0 Å². The molecule has 1 aromatic heterocycles. The van der Waals surface area contributed by atoms with Crippen LogP contribution in [0.5, 0.6) is 0 Å². The average molecular weight is 789 g/mol. The summed E-state index contributed by atoms with van der Waals surface area (Å²) < 4.78 is 2.46. The van der Waals surface area contributed by atoms with E-state index in [1.807, 2.05) is 0 Å². The third-order valence-electron chi connectivity index (χ3n) is 12.5. The highest BCUT2D eigenvalue weighted by molar-refractivity contribution is 6.15. The molecule has 290 valence electrons. The van der Waals surface area contributed by atoms with Crippen LogP contribution in [0.1, 0.15) is 0 Å². The van der Waals surface area contributed by atoms with Crippen molar-refractivity contribution in [3.63, 3.8) is 0 Å². The fraction of sp³-hybridized carbons (Fsp3) is 0. The van der Waals surface area contributed by atoms with Crippen LogP contribution in [-0.2, 0) is 0 Å². The topological polar surface area (TPSA) is 8.17 Å². The normalized spacial score (nSPS) is 11.5. The smallest absolute Gasteiger partial charge is 0.0547 e. The molecule has 11 aromatic carbocycles. The molecule has 0 unspecified atom stereocenters. The molecule has 12 aromatic rings. The van der Waals surface area contributed by atoms with Gasteiger partial charge in [-0.2, -0.15) is 0 Å². The minimum Gasteiger partial charge on any atom is -0.311 e. The number of para-hydroxylation sites is 2. The third-order valence-corrected chi connectivity index (χ3v) is 12.5. The van der Waals surface area contributed by atoms with Gasteiger partial charge in [0.1, 0.15) is 0 Å². The van der Waals surface area contributed by atoms with Gasteiger partial charge in [-0.05, 0) is 133 Å². The van der Waals surface area contributed by atoms with Crippen LogP contribution < -0.4 is 4.90 Å². The lowest BCUT2D eigenvalue weighted by Gasteiger charge is -2.26. The Morgan fingerprint density at radius 3 is 1.50 bits per heavy atom. The number of nitrogens with zero attached hydrogens (tertiary/aromatic N) is 2. The molecule has 0 bridgehead atoms. The van der Waals surface area contributed by atoms with Crippen LogP contribution in [0.4, 0.5) is 17.1 Å². The maximum Gasteiger partial charge on any atom is 0.0547 e. The SMILES string of the molecule is c1ccc(-c2cc(-c3ccc(N(c4ccccc4)c4ccc(-c5ccc(-n6c7ccccc7c7cc8ccccc8cc76)c6ccccc56)cc4)cc3)c3ccccc3c2)cc1. The lowest BCUT2D eigenvalue weighted by Crippen LogP contribution is -2.09. The van der Waals surface area contributed by atoms with Crippen LogP contribution >= 0.6 is 0 Å². The van der Waals surface area contributed by atoms with E-state index >= 15 is 0 Å². The Hall–Kier alpha value is -8.20. The summed E-state index contributed by atoms with van der Waals surface area (Å²) in [6.07, 6.45) is 0. The molecular weight excluding hydrogens is 749 g/mol. The number of hydrogen-bond donors (Lipinski definition) is 0. The van der Waals surface area contributed by atoms with E-state index in [1.165, 1.54) is 93.2 Å². The Morgan fingerprint density at radius 1 is 0.258 bits per heavy atom. The van der Waals surface area contributed by atoms with Crippen molar-refractivity contribution in [3.8, 4) is 39.1 Å². The van der Waals surface area contributed by atoms with Crippen molar-refractivity contribution in [2.75, 3.05) is 4.90 Å². The van der Waals surface area contributed by atoms with Crippen molar-refractivity contribution in [3.05, 3.63) is 243 Å². The van der Waals surface area contributed by atoms with Gasteiger partial charge >= 0.3 is 0 Å². The predicted molar refractivity (Wildman–Crippen MR) is 264 cm³/mol. The molecule has 1 heterocycles. The monoisotopic (exact) mass is 788 g/mol. The van der Waals surface area contributed by atoms with Gasteiger partial charge in [0.05, 0.1) is 16.7 Å². The van der Waals surface area contributed by atoms with Crippen LogP contribution in [0.15, 0.2) is 243 Å². The van der Waals surface area contributed by atoms with Gasteiger partial charge in [-0.3, -0.25) is 0 Å². The molecule has 0 aliphatic heterocycles. The minimum atomic E-state index is 1.10. The lowest BCUT2D eigenvalue weighted by atomic mass is 9.93. The van der Waals surface area contributed by atoms with Crippen molar-refractivity contribution in [1.29, 1.82) is 0 Å². The largest absolute Gasteiger partial charge is 0.311 e. The summed E-state index contributed by atoms with van der Waals surface area (Å²) in [5, 5.41) is 9.97. The van der Waals surface area contributed by atoms with Gasteiger partial charge in [0.15, 0.2) is 0 Å². The molecule has 0 spiro atoms. The summed E-state index contributed by atoms with van der Waals surface area (Å²) in [6.45, 7) is 0. The van der Waals surface area contributed by atoms with E-state index in [2.05, 4.69) is 252 Å². The molecule has 0 amide bonds. The zero-order chi connectivity index (χ0) is 41.0. The van der Waals surface area contributed by atoms with E-state index in [0.717, 1.165) is 17.1 Å². The Morgan fingerprint density at radius 2 is 0.790 bits per heavy atom. The summed E-state index contributed by atoms with van der Waals surface area (Å²) in [5.74, 6) is 0. The van der Waals surface area contributed by atoms with Crippen molar-refractivity contribution in [2.45, 2.75) is 0 Å². The molecule has 0 saturated heterocycles. The zero-order valence-corrected chi connectivity index (χ0v) is 34.0. The second-order valence-corrected chi connectivity index (χ2v) is 16.1. The Bertz CT molecular complexity index is 3600. The molecule has 0 aliphatic carbocycles. The van der Waals surface area contributed by atoms with E-state index in [-0.39, 0.29) is 0 Å². The fourth-order valence-corrected chi connectivity index (χ4v) is 9.60. The number of hydrogen-bond acceptors (Lipinski definition) is 1. The maximum absolute atomic E-state index is 2.46. The van der Waals surface area contributed by atoms with E-state index in [0.29, 0.717) is 0 Å². The number of aromatic nitrogens is 1. The van der Waals surface area contributed by atoms with Gasteiger partial charge in [0.25, 0.3) is 0 Å². The fourth-order valence-electron chi connectivity index (χ4n) is 9.60. The lowest BCUT2D eigenvalue weighted by molar-refractivity contribution is 1.20. The Balaban J connectivity index is 0.935. The Kier molecular flexibility index (Phi) is 8.53. The molecule has 0 aliphatic rings. The van der Waals surface area contributed by atoms with E-state index in [4.69, 9.17) is 0 Å². The maximum atomic E-state index is 2.46. The highest BCUT2D eigenvalue weighted by atomic mass is 15.1. The predicted octanol–water partition coefficient (Wildman–Crippen LogP) is 16.7. The standard InChI is InChI=1S/C60H40N2/c1-3-15-41(16-4-1)47-37-46-19-9-10-22-51(46)56(39-47)43-29-33-50(34-30-43)61(48-20-5-2-6-21-48)49-31-27-42(28-32-49)52-35-36-59(54-24-12-11-23-53(52)54)62-58-26-14-13-25-55(58)57-38-44-17-7-8-18-45(44)40-60(57)62/h1-40H. The quantitative estimate of drug-likeness (QED) is 0.156. The van der Waals surface area contributed by atoms with Gasteiger partial charge < -0.3 is 9.47 Å². The molecule has 2 nitrogen and oxygen atoms in total.